The Morgan fingerprint density at radius 1 is 0.348 bits per heavy atom. The number of rotatable bonds is 24. The van der Waals surface area contributed by atoms with Gasteiger partial charge in [-0.05, 0) is 107 Å². The Bertz CT molecular complexity index is 2270. The lowest BCUT2D eigenvalue weighted by Crippen LogP contribution is -2.06. The summed E-state index contributed by atoms with van der Waals surface area (Å²) in [7, 11) is 0. The third-order valence-electron chi connectivity index (χ3n) is 12.7. The topological polar surface area (TPSA) is 18.5 Å². The zero-order valence-electron chi connectivity index (χ0n) is 41.4. The van der Waals surface area contributed by atoms with Gasteiger partial charge in [0.2, 0.25) is 0 Å². The van der Waals surface area contributed by atoms with E-state index in [-0.39, 0.29) is 0 Å². The minimum Gasteiger partial charge on any atom is -0.493 e. The number of hydrogen-bond acceptors (Lipinski definition) is 2. The molecule has 2 nitrogen and oxygen atoms in total. The summed E-state index contributed by atoms with van der Waals surface area (Å²) in [6.45, 7) is 19.6. The summed E-state index contributed by atoms with van der Waals surface area (Å²) in [5.41, 5.74) is 14.0. The van der Waals surface area contributed by atoms with Gasteiger partial charge < -0.3 is 9.47 Å². The summed E-state index contributed by atoms with van der Waals surface area (Å²) in [4.78, 5) is 0. The van der Waals surface area contributed by atoms with E-state index in [4.69, 9.17) is 9.47 Å². The van der Waals surface area contributed by atoms with E-state index in [1.165, 1.54) is 71.9 Å². The van der Waals surface area contributed by atoms with Crippen molar-refractivity contribution in [1.29, 1.82) is 0 Å². The molecule has 0 spiro atoms. The van der Waals surface area contributed by atoms with E-state index in [0.717, 1.165) is 69.6 Å². The van der Waals surface area contributed by atoms with Crippen molar-refractivity contribution in [2.24, 2.45) is 23.7 Å². The minimum absolute atomic E-state index is 0.626. The van der Waals surface area contributed by atoms with Crippen molar-refractivity contribution in [3.63, 3.8) is 0 Å². The molecule has 0 heterocycles. The van der Waals surface area contributed by atoms with Crippen LogP contribution in [0.25, 0.3) is 58.7 Å². The van der Waals surface area contributed by atoms with Gasteiger partial charge in [0, 0.05) is 11.1 Å². The molecule has 6 aromatic rings. The number of aryl methyl sites for hydroxylation is 2. The third kappa shape index (κ3) is 16.5. The fourth-order valence-electron chi connectivity index (χ4n) is 8.26. The highest BCUT2D eigenvalue weighted by molar-refractivity contribution is 5.80. The van der Waals surface area contributed by atoms with E-state index >= 15 is 0 Å². The van der Waals surface area contributed by atoms with Crippen molar-refractivity contribution >= 4 is 36.5 Å². The van der Waals surface area contributed by atoms with Crippen molar-refractivity contribution in [1.82, 2.24) is 0 Å². The third-order valence-corrected chi connectivity index (χ3v) is 12.7. The summed E-state index contributed by atoms with van der Waals surface area (Å²) in [6, 6.07) is 48.2. The van der Waals surface area contributed by atoms with E-state index in [9.17, 15) is 0 Å². The largest absolute Gasteiger partial charge is 0.493 e. The van der Waals surface area contributed by atoms with Gasteiger partial charge in [-0.25, -0.2) is 0 Å². The number of ether oxygens (including phenoxy) is 2. The van der Waals surface area contributed by atoms with Gasteiger partial charge in [0.05, 0.1) is 13.2 Å². The van der Waals surface area contributed by atoms with Gasteiger partial charge in [-0.2, -0.15) is 0 Å². The van der Waals surface area contributed by atoms with Gasteiger partial charge in [-0.3, -0.25) is 0 Å². The number of hydrogen-bond donors (Lipinski definition) is 0. The van der Waals surface area contributed by atoms with E-state index in [0.29, 0.717) is 25.0 Å². The molecule has 0 N–H and O–H groups in total. The highest BCUT2D eigenvalue weighted by Crippen LogP contribution is 2.35. The molecule has 0 saturated heterocycles. The molecule has 0 fully saturated rings. The first-order chi connectivity index (χ1) is 32.0. The minimum atomic E-state index is 0.626. The van der Waals surface area contributed by atoms with Crippen molar-refractivity contribution in [2.75, 3.05) is 13.2 Å². The second kappa shape index (κ2) is 25.7. The van der Waals surface area contributed by atoms with Crippen molar-refractivity contribution in [3.05, 3.63) is 178 Å². The molecule has 0 bridgehead atoms. The normalized spacial score (nSPS) is 12.8. The Morgan fingerprint density at radius 2 is 0.652 bits per heavy atom. The second-order valence-electron chi connectivity index (χ2n) is 19.7. The molecule has 2 unspecified atom stereocenters. The standard InChI is InChI=1S/C64H76O2/c1-47(2)11-9-13-49(5)41-43-65-63-45-57(33-39-61(63)59-35-29-55(30-36-59)25-23-53-19-15-51(7)16-20-53)27-28-58-34-40-62(64(46-58)66-44-42-50(6)14-10-12-48(3)4)60-37-31-56(32-38-60)26-24-54-21-17-52(8)18-22-54/h15-40,45-50H,9-14,41-44H2,1-8H3/b25-23+,26-24+,28-27+. The number of benzene rings is 6. The van der Waals surface area contributed by atoms with E-state index in [1.54, 1.807) is 0 Å². The lowest BCUT2D eigenvalue weighted by Gasteiger charge is -2.16. The molecule has 0 radical (unpaired) electrons. The molecule has 2 atom stereocenters. The molecule has 0 aliphatic rings. The Hall–Kier alpha value is -5.86. The first-order valence-corrected chi connectivity index (χ1v) is 24.9. The molecule has 6 aromatic carbocycles. The lowest BCUT2D eigenvalue weighted by molar-refractivity contribution is 0.276. The van der Waals surface area contributed by atoms with Gasteiger partial charge in [0.1, 0.15) is 11.5 Å². The van der Waals surface area contributed by atoms with Gasteiger partial charge >= 0.3 is 0 Å². The zero-order valence-corrected chi connectivity index (χ0v) is 41.4. The van der Waals surface area contributed by atoms with Gasteiger partial charge in [-0.1, -0.05) is 249 Å². The molecular weight excluding hydrogens is 801 g/mol. The van der Waals surface area contributed by atoms with Crippen molar-refractivity contribution in [3.8, 4) is 33.8 Å². The highest BCUT2D eigenvalue weighted by Gasteiger charge is 2.12. The predicted octanol–water partition coefficient (Wildman–Crippen LogP) is 18.6. The average Bonchev–Trinajstić information content (AvgIpc) is 3.31. The molecule has 344 valence electrons. The van der Waals surface area contributed by atoms with Gasteiger partial charge in [0.25, 0.3) is 0 Å². The van der Waals surface area contributed by atoms with Crippen LogP contribution in [-0.4, -0.2) is 13.2 Å². The Balaban J connectivity index is 1.22. The van der Waals surface area contributed by atoms with Crippen LogP contribution < -0.4 is 9.47 Å². The molecular formula is C64H76O2. The molecule has 0 aromatic heterocycles. The fourth-order valence-corrected chi connectivity index (χ4v) is 8.26. The quantitative estimate of drug-likeness (QED) is 0.0564. The van der Waals surface area contributed by atoms with Crippen molar-refractivity contribution < 1.29 is 9.47 Å². The lowest BCUT2D eigenvalue weighted by atomic mass is 9.97. The van der Waals surface area contributed by atoms with Gasteiger partial charge in [-0.15, -0.1) is 0 Å². The molecule has 0 aliphatic heterocycles. The van der Waals surface area contributed by atoms with Crippen LogP contribution in [0.2, 0.25) is 0 Å². The SMILES string of the molecule is Cc1ccc(/C=C/c2ccc(-c3ccc(/C=C/c4ccc(-c5ccc(/C=C/c6ccc(C)cc6)cc5)c(OCCC(C)CCCC(C)C)c4)cc3OCCC(C)CCCC(C)C)cc2)cc1. The maximum Gasteiger partial charge on any atom is 0.127 e. The first-order valence-electron chi connectivity index (χ1n) is 24.9. The van der Waals surface area contributed by atoms with Crippen molar-refractivity contribution in [2.45, 2.75) is 107 Å². The maximum absolute atomic E-state index is 6.69. The summed E-state index contributed by atoms with van der Waals surface area (Å²) in [5.74, 6) is 4.60. The monoisotopic (exact) mass is 877 g/mol. The summed E-state index contributed by atoms with van der Waals surface area (Å²) >= 11 is 0. The molecule has 2 heteroatoms. The van der Waals surface area contributed by atoms with Crippen LogP contribution in [0.15, 0.2) is 133 Å². The van der Waals surface area contributed by atoms with E-state index in [1.807, 2.05) is 0 Å². The molecule has 0 aliphatic carbocycles. The predicted molar refractivity (Wildman–Crippen MR) is 289 cm³/mol. The Morgan fingerprint density at radius 3 is 0.985 bits per heavy atom. The summed E-state index contributed by atoms with van der Waals surface area (Å²) < 4.78 is 13.4. The maximum atomic E-state index is 6.69. The first kappa shape index (κ1) is 49.6. The highest BCUT2D eigenvalue weighted by atomic mass is 16.5. The average molecular weight is 877 g/mol. The molecule has 6 rings (SSSR count). The zero-order chi connectivity index (χ0) is 46.7. The van der Waals surface area contributed by atoms with Gasteiger partial charge in [0.15, 0.2) is 0 Å². The van der Waals surface area contributed by atoms with Crippen LogP contribution in [-0.2, 0) is 0 Å². The smallest absolute Gasteiger partial charge is 0.127 e. The van der Waals surface area contributed by atoms with Crippen LogP contribution >= 0.6 is 0 Å². The summed E-state index contributed by atoms with van der Waals surface area (Å²) in [5, 5.41) is 0. The summed E-state index contributed by atoms with van der Waals surface area (Å²) in [6.07, 6.45) is 22.8. The van der Waals surface area contributed by atoms with Crippen LogP contribution in [0.4, 0.5) is 0 Å². The Labute approximate surface area is 399 Å². The van der Waals surface area contributed by atoms with Crippen LogP contribution in [0.5, 0.6) is 11.5 Å². The van der Waals surface area contributed by atoms with Crippen LogP contribution in [0.3, 0.4) is 0 Å². The second-order valence-corrected chi connectivity index (χ2v) is 19.7. The van der Waals surface area contributed by atoms with E-state index in [2.05, 4.69) is 225 Å². The van der Waals surface area contributed by atoms with E-state index < -0.39 is 0 Å². The van der Waals surface area contributed by atoms with Crippen LogP contribution in [0.1, 0.15) is 137 Å². The molecule has 0 saturated carbocycles. The van der Waals surface area contributed by atoms with Crippen LogP contribution in [0, 0.1) is 37.5 Å². The fraction of sp³-hybridized carbons (Fsp3) is 0.344. The molecule has 0 amide bonds. The Kier molecular flexibility index (Phi) is 19.3. The molecule has 66 heavy (non-hydrogen) atoms.